The van der Waals surface area contributed by atoms with E-state index in [-0.39, 0.29) is 6.04 Å². The molecule has 2 unspecified atom stereocenters. The minimum absolute atomic E-state index is 0.219. The van der Waals surface area contributed by atoms with Crippen LogP contribution in [0.3, 0.4) is 0 Å². The molecule has 3 aromatic rings. The first-order valence-corrected chi connectivity index (χ1v) is 9.94. The molecule has 28 heavy (non-hydrogen) atoms. The van der Waals surface area contributed by atoms with Gasteiger partial charge < -0.3 is 15.2 Å². The summed E-state index contributed by atoms with van der Waals surface area (Å²) in [5.74, 6) is 1.53. The molecule has 3 rings (SSSR count). The molecule has 146 valence electrons. The van der Waals surface area contributed by atoms with Gasteiger partial charge in [0.2, 0.25) is 0 Å². The van der Waals surface area contributed by atoms with Gasteiger partial charge in [-0.2, -0.15) is 0 Å². The molecule has 0 radical (unpaired) electrons. The predicted molar refractivity (Wildman–Crippen MR) is 116 cm³/mol. The molecule has 0 heterocycles. The van der Waals surface area contributed by atoms with Gasteiger partial charge in [-0.15, -0.1) is 0 Å². The topological polar surface area (TPSA) is 41.5 Å². The summed E-state index contributed by atoms with van der Waals surface area (Å²) >= 11 is 11.9. The monoisotopic (exact) mass is 415 g/mol. The van der Waals surface area contributed by atoms with Gasteiger partial charge in [0.15, 0.2) is 0 Å². The second-order valence-electron chi connectivity index (χ2n) is 6.78. The Labute approximate surface area is 175 Å². The van der Waals surface area contributed by atoms with Crippen molar-refractivity contribution in [2.75, 3.05) is 6.54 Å². The Balaban J connectivity index is 1.48. The Kier molecular flexibility index (Phi) is 7.35. The smallest absolute Gasteiger partial charge is 0.127 e. The molecule has 0 aliphatic carbocycles. The van der Waals surface area contributed by atoms with Gasteiger partial charge in [-0.25, -0.2) is 0 Å². The average molecular weight is 416 g/mol. The van der Waals surface area contributed by atoms with Gasteiger partial charge in [-0.1, -0.05) is 47.5 Å². The summed E-state index contributed by atoms with van der Waals surface area (Å²) in [7, 11) is 0. The maximum atomic E-state index is 10.3. The molecule has 2 N–H and O–H groups in total. The van der Waals surface area contributed by atoms with Crippen LogP contribution >= 0.6 is 23.2 Å². The highest BCUT2D eigenvalue weighted by Gasteiger charge is 2.10. The predicted octanol–water partition coefficient (Wildman–Crippen LogP) is 6.04. The third kappa shape index (κ3) is 6.25. The highest BCUT2D eigenvalue weighted by molar-refractivity contribution is 6.30. The summed E-state index contributed by atoms with van der Waals surface area (Å²) in [4.78, 5) is 0. The Bertz CT molecular complexity index is 882. The van der Waals surface area contributed by atoms with E-state index in [4.69, 9.17) is 27.9 Å². The van der Waals surface area contributed by atoms with Crippen molar-refractivity contribution in [3.05, 3.63) is 94.0 Å². The van der Waals surface area contributed by atoms with Crippen molar-refractivity contribution in [3.63, 3.8) is 0 Å². The van der Waals surface area contributed by atoms with Crippen LogP contribution in [0.5, 0.6) is 11.5 Å². The number of nitrogens with one attached hydrogen (secondary N) is 1. The lowest BCUT2D eigenvalue weighted by atomic mass is 10.1. The van der Waals surface area contributed by atoms with Crippen LogP contribution in [0, 0.1) is 0 Å². The van der Waals surface area contributed by atoms with Crippen LogP contribution in [0.4, 0.5) is 0 Å². The zero-order valence-corrected chi connectivity index (χ0v) is 17.1. The molecule has 0 amide bonds. The minimum atomic E-state index is -0.587. The number of benzene rings is 3. The maximum absolute atomic E-state index is 10.3. The van der Waals surface area contributed by atoms with Crippen molar-refractivity contribution in [3.8, 4) is 11.5 Å². The number of halogens is 2. The highest BCUT2D eigenvalue weighted by atomic mass is 35.5. The standard InChI is InChI=1S/C23H23Cl2NO2/c1-16(26-15-23(27)18-3-2-4-20(25)14-18)13-17-5-9-21(10-6-17)28-22-11-7-19(24)8-12-22/h2-12,14,16,23,26-27H,13,15H2,1H3. The molecular weight excluding hydrogens is 393 g/mol. The summed E-state index contributed by atoms with van der Waals surface area (Å²) < 4.78 is 5.81. The Morgan fingerprint density at radius 3 is 2.18 bits per heavy atom. The zero-order valence-electron chi connectivity index (χ0n) is 15.6. The van der Waals surface area contributed by atoms with E-state index in [1.165, 1.54) is 5.56 Å². The number of aliphatic hydroxyl groups is 1. The van der Waals surface area contributed by atoms with E-state index in [9.17, 15) is 5.11 Å². The lowest BCUT2D eigenvalue weighted by molar-refractivity contribution is 0.170. The summed E-state index contributed by atoms with van der Waals surface area (Å²) in [6.07, 6.45) is 0.264. The van der Waals surface area contributed by atoms with Gasteiger partial charge >= 0.3 is 0 Å². The molecule has 0 spiro atoms. The SMILES string of the molecule is CC(Cc1ccc(Oc2ccc(Cl)cc2)cc1)NCC(O)c1cccc(Cl)c1. The van der Waals surface area contributed by atoms with Crippen LogP contribution < -0.4 is 10.1 Å². The van der Waals surface area contributed by atoms with Crippen LogP contribution in [-0.4, -0.2) is 17.7 Å². The highest BCUT2D eigenvalue weighted by Crippen LogP contribution is 2.23. The molecular formula is C23H23Cl2NO2. The van der Waals surface area contributed by atoms with Crippen molar-refractivity contribution < 1.29 is 9.84 Å². The quantitative estimate of drug-likeness (QED) is 0.471. The van der Waals surface area contributed by atoms with E-state index in [0.29, 0.717) is 16.6 Å². The third-order valence-electron chi connectivity index (χ3n) is 4.41. The average Bonchev–Trinajstić information content (AvgIpc) is 2.69. The van der Waals surface area contributed by atoms with Crippen LogP contribution in [0.15, 0.2) is 72.8 Å². The van der Waals surface area contributed by atoms with Crippen molar-refractivity contribution in [1.29, 1.82) is 0 Å². The first-order chi connectivity index (χ1) is 13.5. The minimum Gasteiger partial charge on any atom is -0.457 e. The largest absolute Gasteiger partial charge is 0.457 e. The third-order valence-corrected chi connectivity index (χ3v) is 4.89. The molecule has 3 aromatic carbocycles. The molecule has 2 atom stereocenters. The van der Waals surface area contributed by atoms with E-state index >= 15 is 0 Å². The fourth-order valence-corrected chi connectivity index (χ4v) is 3.23. The Hall–Kier alpha value is -2.04. The van der Waals surface area contributed by atoms with Gasteiger partial charge in [0.25, 0.3) is 0 Å². The van der Waals surface area contributed by atoms with Gasteiger partial charge in [0.05, 0.1) is 6.10 Å². The molecule has 0 saturated carbocycles. The van der Waals surface area contributed by atoms with E-state index < -0.39 is 6.10 Å². The first kappa shape index (κ1) is 20.7. The summed E-state index contributed by atoms with van der Waals surface area (Å²) in [5, 5.41) is 15.0. The second kappa shape index (κ2) is 9.94. The van der Waals surface area contributed by atoms with E-state index in [2.05, 4.69) is 24.4 Å². The molecule has 0 fully saturated rings. The van der Waals surface area contributed by atoms with E-state index in [0.717, 1.165) is 23.5 Å². The van der Waals surface area contributed by atoms with Crippen LogP contribution in [-0.2, 0) is 6.42 Å². The van der Waals surface area contributed by atoms with Crippen LogP contribution in [0.1, 0.15) is 24.2 Å². The van der Waals surface area contributed by atoms with Crippen molar-refractivity contribution >= 4 is 23.2 Å². The lowest BCUT2D eigenvalue weighted by Gasteiger charge is -2.18. The van der Waals surface area contributed by atoms with Gasteiger partial charge in [0, 0.05) is 22.6 Å². The summed E-state index contributed by atoms with van der Waals surface area (Å²) in [6.45, 7) is 2.57. The molecule has 0 aliphatic heterocycles. The van der Waals surface area contributed by atoms with Gasteiger partial charge in [-0.05, 0) is 73.0 Å². The van der Waals surface area contributed by atoms with Crippen molar-refractivity contribution in [1.82, 2.24) is 5.32 Å². The van der Waals surface area contributed by atoms with E-state index in [1.54, 1.807) is 24.3 Å². The molecule has 5 heteroatoms. The van der Waals surface area contributed by atoms with Gasteiger partial charge in [-0.3, -0.25) is 0 Å². The number of aliphatic hydroxyl groups excluding tert-OH is 1. The number of rotatable bonds is 8. The number of ether oxygens (including phenoxy) is 1. The van der Waals surface area contributed by atoms with Crippen molar-refractivity contribution in [2.24, 2.45) is 0 Å². The molecule has 0 bridgehead atoms. The molecule has 0 saturated heterocycles. The fourth-order valence-electron chi connectivity index (χ4n) is 2.90. The number of hydrogen-bond donors (Lipinski definition) is 2. The first-order valence-electron chi connectivity index (χ1n) is 9.19. The summed E-state index contributed by atoms with van der Waals surface area (Å²) in [5.41, 5.74) is 2.01. The van der Waals surface area contributed by atoms with Gasteiger partial charge in [0.1, 0.15) is 11.5 Å². The number of hydrogen-bond acceptors (Lipinski definition) is 3. The Morgan fingerprint density at radius 2 is 1.54 bits per heavy atom. The Morgan fingerprint density at radius 1 is 0.893 bits per heavy atom. The fraction of sp³-hybridized carbons (Fsp3) is 0.217. The van der Waals surface area contributed by atoms with Crippen LogP contribution in [0.25, 0.3) is 0 Å². The lowest BCUT2D eigenvalue weighted by Crippen LogP contribution is -2.32. The molecule has 3 nitrogen and oxygen atoms in total. The van der Waals surface area contributed by atoms with E-state index in [1.807, 2.05) is 36.4 Å². The second-order valence-corrected chi connectivity index (χ2v) is 7.66. The van der Waals surface area contributed by atoms with Crippen molar-refractivity contribution in [2.45, 2.75) is 25.5 Å². The maximum Gasteiger partial charge on any atom is 0.127 e. The molecule has 0 aliphatic rings. The van der Waals surface area contributed by atoms with Crippen LogP contribution in [0.2, 0.25) is 10.0 Å². The molecule has 0 aromatic heterocycles. The zero-order chi connectivity index (χ0) is 19.9. The summed E-state index contributed by atoms with van der Waals surface area (Å²) in [6, 6.07) is 22.8. The normalized spacial score (nSPS) is 13.1.